The number of piperidine rings is 1. The van der Waals surface area contributed by atoms with Crippen molar-refractivity contribution in [2.24, 2.45) is 0 Å². The highest BCUT2D eigenvalue weighted by atomic mass is 16.6. The van der Waals surface area contributed by atoms with E-state index < -0.39 is 0 Å². The van der Waals surface area contributed by atoms with Gasteiger partial charge in [0.15, 0.2) is 0 Å². The number of anilines is 1. The quantitative estimate of drug-likeness (QED) is 0.724. The van der Waals surface area contributed by atoms with Gasteiger partial charge in [0.2, 0.25) is 0 Å². The van der Waals surface area contributed by atoms with Crippen LogP contribution in [-0.4, -0.2) is 67.9 Å². The Balaban J connectivity index is 1.84. The molecule has 0 aromatic carbocycles. The van der Waals surface area contributed by atoms with Crippen molar-refractivity contribution in [2.45, 2.75) is 25.8 Å². The molecule has 8 heteroatoms. The Hall–Kier alpha value is -2.35. The van der Waals surface area contributed by atoms with Crippen molar-refractivity contribution in [3.63, 3.8) is 0 Å². The van der Waals surface area contributed by atoms with Crippen molar-refractivity contribution >= 4 is 17.7 Å². The number of hydrogen-bond acceptors (Lipinski definition) is 6. The lowest BCUT2D eigenvalue weighted by Crippen LogP contribution is -2.42. The lowest BCUT2D eigenvalue weighted by Gasteiger charge is -2.32. The first-order valence-electron chi connectivity index (χ1n) is 8.55. The van der Waals surface area contributed by atoms with Gasteiger partial charge in [0.1, 0.15) is 5.69 Å². The van der Waals surface area contributed by atoms with Gasteiger partial charge in [-0.3, -0.25) is 9.78 Å². The minimum absolute atomic E-state index is 0.224. The maximum atomic E-state index is 12.0. The minimum Gasteiger partial charge on any atom is -0.450 e. The molecule has 0 atom stereocenters. The lowest BCUT2D eigenvalue weighted by molar-refractivity contribution is 0.0930. The molecule has 2 amide bonds. The highest BCUT2D eigenvalue weighted by molar-refractivity contribution is 5.93. The van der Waals surface area contributed by atoms with E-state index >= 15 is 0 Å². The second-order valence-corrected chi connectivity index (χ2v) is 5.78. The second-order valence-electron chi connectivity index (χ2n) is 5.78. The Kier molecular flexibility index (Phi) is 7.46. The van der Waals surface area contributed by atoms with E-state index in [1.807, 2.05) is 6.07 Å². The summed E-state index contributed by atoms with van der Waals surface area (Å²) in [5.74, 6) is -0.224. The van der Waals surface area contributed by atoms with Crippen molar-refractivity contribution in [2.75, 3.05) is 45.3 Å². The number of rotatable bonds is 7. The van der Waals surface area contributed by atoms with Crippen LogP contribution in [0.4, 0.5) is 10.5 Å². The molecule has 0 spiro atoms. The van der Waals surface area contributed by atoms with Crippen molar-refractivity contribution in [1.82, 2.24) is 15.2 Å². The van der Waals surface area contributed by atoms with E-state index in [0.717, 1.165) is 18.5 Å². The summed E-state index contributed by atoms with van der Waals surface area (Å²) in [7, 11) is 1.59. The van der Waals surface area contributed by atoms with Gasteiger partial charge in [-0.25, -0.2) is 4.79 Å². The van der Waals surface area contributed by atoms with E-state index in [1.54, 1.807) is 31.2 Å². The molecule has 1 aromatic rings. The number of carbonyl (C=O) groups is 2. The van der Waals surface area contributed by atoms with Crippen molar-refractivity contribution < 1.29 is 19.1 Å². The lowest BCUT2D eigenvalue weighted by atomic mass is 10.1. The summed E-state index contributed by atoms with van der Waals surface area (Å²) in [5, 5.41) is 6.16. The molecule has 0 aliphatic carbocycles. The van der Waals surface area contributed by atoms with E-state index in [-0.39, 0.29) is 18.0 Å². The summed E-state index contributed by atoms with van der Waals surface area (Å²) < 4.78 is 9.93. The van der Waals surface area contributed by atoms with Gasteiger partial charge in [-0.05, 0) is 31.9 Å². The molecule has 1 aromatic heterocycles. The first-order valence-corrected chi connectivity index (χ1v) is 8.55. The van der Waals surface area contributed by atoms with Gasteiger partial charge in [0.05, 0.1) is 13.2 Å². The molecule has 1 aliphatic rings. The molecular formula is C17H26N4O4. The largest absolute Gasteiger partial charge is 0.450 e. The summed E-state index contributed by atoms with van der Waals surface area (Å²) in [5.41, 5.74) is 1.21. The average Bonchev–Trinajstić information content (AvgIpc) is 2.63. The zero-order valence-electron chi connectivity index (χ0n) is 14.8. The Morgan fingerprint density at radius 1 is 1.36 bits per heavy atom. The van der Waals surface area contributed by atoms with Crippen LogP contribution in [0.1, 0.15) is 30.3 Å². The predicted molar refractivity (Wildman–Crippen MR) is 93.7 cm³/mol. The highest BCUT2D eigenvalue weighted by Crippen LogP contribution is 2.17. The Morgan fingerprint density at radius 2 is 2.12 bits per heavy atom. The summed E-state index contributed by atoms with van der Waals surface area (Å²) in [6.07, 6.45) is 3.02. The Labute approximate surface area is 147 Å². The summed E-state index contributed by atoms with van der Waals surface area (Å²) >= 11 is 0. The van der Waals surface area contributed by atoms with Crippen LogP contribution in [0.3, 0.4) is 0 Å². The van der Waals surface area contributed by atoms with E-state index in [4.69, 9.17) is 9.47 Å². The van der Waals surface area contributed by atoms with Crippen molar-refractivity contribution in [1.29, 1.82) is 0 Å². The summed E-state index contributed by atoms with van der Waals surface area (Å²) in [6, 6.07) is 3.82. The zero-order valence-corrected chi connectivity index (χ0v) is 14.8. The number of nitrogens with zero attached hydrogens (tertiary/aromatic N) is 2. The third-order valence-corrected chi connectivity index (χ3v) is 3.98. The van der Waals surface area contributed by atoms with Gasteiger partial charge in [-0.2, -0.15) is 0 Å². The van der Waals surface area contributed by atoms with Gasteiger partial charge in [0.25, 0.3) is 5.91 Å². The number of pyridine rings is 1. The molecule has 1 saturated heterocycles. The second kappa shape index (κ2) is 9.83. The van der Waals surface area contributed by atoms with Gasteiger partial charge in [-0.15, -0.1) is 0 Å². The van der Waals surface area contributed by atoms with Crippen LogP contribution in [0.2, 0.25) is 0 Å². The molecule has 1 fully saturated rings. The van der Waals surface area contributed by atoms with Crippen molar-refractivity contribution in [3.05, 3.63) is 24.0 Å². The molecule has 2 rings (SSSR count). The van der Waals surface area contributed by atoms with E-state index in [2.05, 4.69) is 15.6 Å². The number of ether oxygens (including phenoxy) is 2. The van der Waals surface area contributed by atoms with Crippen LogP contribution < -0.4 is 10.6 Å². The fourth-order valence-corrected chi connectivity index (χ4v) is 2.66. The number of methoxy groups -OCH3 is 1. The molecule has 0 saturated carbocycles. The smallest absolute Gasteiger partial charge is 0.409 e. The monoisotopic (exact) mass is 350 g/mol. The summed E-state index contributed by atoms with van der Waals surface area (Å²) in [6.45, 7) is 4.42. The SMILES string of the molecule is CCOC(=O)N1CCC(Nc2ccnc(C(=O)NCCOC)c2)CC1. The number of nitrogens with one attached hydrogen (secondary N) is 2. The maximum absolute atomic E-state index is 12.0. The number of aromatic nitrogens is 1. The molecule has 0 bridgehead atoms. The van der Waals surface area contributed by atoms with Crippen LogP contribution in [0, 0.1) is 0 Å². The Bertz CT molecular complexity index is 574. The molecule has 2 N–H and O–H groups in total. The molecule has 2 heterocycles. The minimum atomic E-state index is -0.250. The van der Waals surface area contributed by atoms with E-state index in [0.29, 0.717) is 38.5 Å². The Morgan fingerprint density at radius 3 is 2.80 bits per heavy atom. The number of amides is 2. The average molecular weight is 350 g/mol. The van der Waals surface area contributed by atoms with E-state index in [1.165, 1.54) is 0 Å². The van der Waals surface area contributed by atoms with Crippen LogP contribution in [0.25, 0.3) is 0 Å². The zero-order chi connectivity index (χ0) is 18.1. The maximum Gasteiger partial charge on any atom is 0.409 e. The molecule has 0 unspecified atom stereocenters. The molecule has 8 nitrogen and oxygen atoms in total. The fraction of sp³-hybridized carbons (Fsp3) is 0.588. The third kappa shape index (κ3) is 5.90. The van der Waals surface area contributed by atoms with Gasteiger partial charge in [-0.1, -0.05) is 0 Å². The van der Waals surface area contributed by atoms with Crippen LogP contribution >= 0.6 is 0 Å². The summed E-state index contributed by atoms with van der Waals surface area (Å²) in [4.78, 5) is 29.6. The first kappa shape index (κ1) is 19.0. The predicted octanol–water partition coefficient (Wildman–Crippen LogP) is 1.49. The van der Waals surface area contributed by atoms with Crippen LogP contribution in [0.5, 0.6) is 0 Å². The molecular weight excluding hydrogens is 324 g/mol. The van der Waals surface area contributed by atoms with Gasteiger partial charge >= 0.3 is 6.09 Å². The standard InChI is InChI=1S/C17H26N4O4/c1-3-25-17(23)21-9-5-13(6-10-21)20-14-4-7-18-15(12-14)16(22)19-8-11-24-2/h4,7,12-13H,3,5-6,8-11H2,1-2H3,(H,18,20)(H,19,22). The van der Waals surface area contributed by atoms with Crippen LogP contribution in [0.15, 0.2) is 18.3 Å². The fourth-order valence-electron chi connectivity index (χ4n) is 2.66. The van der Waals surface area contributed by atoms with Crippen LogP contribution in [-0.2, 0) is 9.47 Å². The normalized spacial score (nSPS) is 14.9. The number of carbonyl (C=O) groups excluding carboxylic acids is 2. The molecule has 25 heavy (non-hydrogen) atoms. The van der Waals surface area contributed by atoms with Gasteiger partial charge in [0, 0.05) is 44.7 Å². The van der Waals surface area contributed by atoms with Crippen molar-refractivity contribution in [3.8, 4) is 0 Å². The van der Waals surface area contributed by atoms with Gasteiger partial charge < -0.3 is 25.0 Å². The first-order chi connectivity index (χ1) is 12.1. The molecule has 138 valence electrons. The molecule has 0 radical (unpaired) electrons. The number of likely N-dealkylation sites (tertiary alicyclic amines) is 1. The topological polar surface area (TPSA) is 92.8 Å². The molecule has 1 aliphatic heterocycles. The number of hydrogen-bond donors (Lipinski definition) is 2. The highest BCUT2D eigenvalue weighted by Gasteiger charge is 2.23. The third-order valence-electron chi connectivity index (χ3n) is 3.98. The van der Waals surface area contributed by atoms with E-state index in [9.17, 15) is 9.59 Å².